The Morgan fingerprint density at radius 1 is 1.04 bits per heavy atom. The van der Waals surface area contributed by atoms with E-state index in [0.717, 1.165) is 11.1 Å². The Morgan fingerprint density at radius 3 is 2.08 bits per heavy atom. The summed E-state index contributed by atoms with van der Waals surface area (Å²) in [5.74, 6) is 0. The summed E-state index contributed by atoms with van der Waals surface area (Å²) in [4.78, 5) is 14.3. The summed E-state index contributed by atoms with van der Waals surface area (Å²) in [6.45, 7) is 5.71. The zero-order valence-electron chi connectivity index (χ0n) is 14.5. The summed E-state index contributed by atoms with van der Waals surface area (Å²) in [6, 6.07) is 18.8. The van der Waals surface area contributed by atoms with Gasteiger partial charge in [-0.3, -0.25) is 4.90 Å². The van der Waals surface area contributed by atoms with Crippen molar-refractivity contribution in [1.29, 1.82) is 0 Å². The average molecular weight is 327 g/mol. The standard InChI is InChI=1S/C20H25NO3/c1-20(2,3)24-19(23)21(14-16-10-6-4-7-11-16)18(15-22)17-12-8-5-9-13-17/h4-13,18,22H,14-15H2,1-3H3. The third-order valence-corrected chi connectivity index (χ3v) is 3.56. The molecule has 1 amide bonds. The minimum absolute atomic E-state index is 0.171. The van der Waals surface area contributed by atoms with Crippen LogP contribution in [0.25, 0.3) is 0 Å². The molecule has 0 saturated carbocycles. The van der Waals surface area contributed by atoms with Gasteiger partial charge in [-0.15, -0.1) is 0 Å². The van der Waals surface area contributed by atoms with Crippen molar-refractivity contribution in [3.05, 3.63) is 71.8 Å². The average Bonchev–Trinajstić information content (AvgIpc) is 2.55. The van der Waals surface area contributed by atoms with E-state index >= 15 is 0 Å². The topological polar surface area (TPSA) is 49.8 Å². The van der Waals surface area contributed by atoms with Gasteiger partial charge in [0.15, 0.2) is 0 Å². The van der Waals surface area contributed by atoms with E-state index in [-0.39, 0.29) is 6.61 Å². The van der Waals surface area contributed by atoms with E-state index in [9.17, 15) is 9.90 Å². The molecule has 1 atom stereocenters. The number of aliphatic hydroxyl groups excluding tert-OH is 1. The molecule has 2 rings (SSSR count). The highest BCUT2D eigenvalue weighted by atomic mass is 16.6. The van der Waals surface area contributed by atoms with Crippen molar-refractivity contribution in [2.24, 2.45) is 0 Å². The summed E-state index contributed by atoms with van der Waals surface area (Å²) in [5.41, 5.74) is 1.27. The van der Waals surface area contributed by atoms with Crippen LogP contribution in [0, 0.1) is 0 Å². The second kappa shape index (κ2) is 7.97. The fraction of sp³-hybridized carbons (Fsp3) is 0.350. The van der Waals surface area contributed by atoms with Crippen molar-refractivity contribution in [1.82, 2.24) is 4.90 Å². The number of amides is 1. The Bertz CT molecular complexity index is 635. The van der Waals surface area contributed by atoms with Crippen LogP contribution in [0.2, 0.25) is 0 Å². The monoisotopic (exact) mass is 327 g/mol. The molecule has 0 aliphatic carbocycles. The first kappa shape index (κ1) is 18.0. The molecule has 0 bridgehead atoms. The molecule has 0 radical (unpaired) electrons. The van der Waals surface area contributed by atoms with Gasteiger partial charge in [0.25, 0.3) is 0 Å². The highest BCUT2D eigenvalue weighted by Gasteiger charge is 2.29. The molecule has 1 unspecified atom stereocenters. The Kier molecular flexibility index (Phi) is 5.99. The van der Waals surface area contributed by atoms with Crippen LogP contribution in [0.1, 0.15) is 37.9 Å². The molecule has 128 valence electrons. The number of nitrogens with zero attached hydrogens (tertiary/aromatic N) is 1. The van der Waals surface area contributed by atoms with Crippen molar-refractivity contribution in [3.8, 4) is 0 Å². The normalized spacial score (nSPS) is 12.5. The summed E-state index contributed by atoms with van der Waals surface area (Å²) < 4.78 is 5.55. The molecule has 2 aromatic carbocycles. The predicted octanol–water partition coefficient (Wildman–Crippen LogP) is 4.16. The first-order valence-electron chi connectivity index (χ1n) is 8.10. The lowest BCUT2D eigenvalue weighted by atomic mass is 10.1. The van der Waals surface area contributed by atoms with Crippen molar-refractivity contribution in [2.75, 3.05) is 6.61 Å². The molecule has 4 nitrogen and oxygen atoms in total. The minimum Gasteiger partial charge on any atom is -0.444 e. The van der Waals surface area contributed by atoms with Gasteiger partial charge in [0.05, 0.1) is 12.6 Å². The minimum atomic E-state index is -0.595. The molecule has 0 fully saturated rings. The first-order valence-corrected chi connectivity index (χ1v) is 8.10. The zero-order valence-corrected chi connectivity index (χ0v) is 14.5. The van der Waals surface area contributed by atoms with E-state index < -0.39 is 17.7 Å². The van der Waals surface area contributed by atoms with Crippen molar-refractivity contribution in [3.63, 3.8) is 0 Å². The molecule has 2 aromatic rings. The molecule has 4 heteroatoms. The van der Waals surface area contributed by atoms with Crippen molar-refractivity contribution < 1.29 is 14.6 Å². The van der Waals surface area contributed by atoms with Crippen LogP contribution in [0.5, 0.6) is 0 Å². The number of carbonyl (C=O) groups excluding carboxylic acids is 1. The summed E-state index contributed by atoms with van der Waals surface area (Å²) >= 11 is 0. The van der Waals surface area contributed by atoms with Crippen LogP contribution < -0.4 is 0 Å². The van der Waals surface area contributed by atoms with Gasteiger partial charge in [-0.05, 0) is 31.9 Å². The van der Waals surface area contributed by atoms with Crippen LogP contribution in [0.15, 0.2) is 60.7 Å². The number of benzene rings is 2. The summed E-state index contributed by atoms with van der Waals surface area (Å²) in [6.07, 6.45) is -0.436. The third-order valence-electron chi connectivity index (χ3n) is 3.56. The number of ether oxygens (including phenoxy) is 1. The molecule has 0 aromatic heterocycles. The van der Waals surface area contributed by atoms with Gasteiger partial charge in [0.2, 0.25) is 0 Å². The zero-order chi connectivity index (χ0) is 17.6. The van der Waals surface area contributed by atoms with E-state index in [1.165, 1.54) is 0 Å². The molecule has 0 heterocycles. The highest BCUT2D eigenvalue weighted by molar-refractivity contribution is 5.69. The Hall–Kier alpha value is -2.33. The second-order valence-electron chi connectivity index (χ2n) is 6.70. The maximum atomic E-state index is 12.7. The van der Waals surface area contributed by atoms with Gasteiger partial charge in [0, 0.05) is 6.54 Å². The number of hydrogen-bond acceptors (Lipinski definition) is 3. The second-order valence-corrected chi connectivity index (χ2v) is 6.70. The van der Waals surface area contributed by atoms with Crippen LogP contribution in [0.3, 0.4) is 0 Å². The maximum Gasteiger partial charge on any atom is 0.411 e. The smallest absolute Gasteiger partial charge is 0.411 e. The molecule has 24 heavy (non-hydrogen) atoms. The number of rotatable bonds is 5. The van der Waals surface area contributed by atoms with E-state index in [0.29, 0.717) is 6.54 Å². The van der Waals surface area contributed by atoms with Crippen LogP contribution in [-0.2, 0) is 11.3 Å². The maximum absolute atomic E-state index is 12.7. The SMILES string of the molecule is CC(C)(C)OC(=O)N(Cc1ccccc1)C(CO)c1ccccc1. The van der Waals surface area contributed by atoms with Crippen molar-refractivity contribution >= 4 is 6.09 Å². The lowest BCUT2D eigenvalue weighted by Crippen LogP contribution is -2.40. The van der Waals surface area contributed by atoms with E-state index in [2.05, 4.69) is 0 Å². The molecule has 0 aliphatic heterocycles. The molecule has 0 spiro atoms. The van der Waals surface area contributed by atoms with Gasteiger partial charge in [-0.1, -0.05) is 60.7 Å². The van der Waals surface area contributed by atoms with E-state index in [4.69, 9.17) is 4.74 Å². The van der Waals surface area contributed by atoms with Crippen molar-refractivity contribution in [2.45, 2.75) is 39.0 Å². The fourth-order valence-corrected chi connectivity index (χ4v) is 2.46. The van der Waals surface area contributed by atoms with Gasteiger partial charge in [-0.2, -0.15) is 0 Å². The summed E-state index contributed by atoms with van der Waals surface area (Å²) in [7, 11) is 0. The summed E-state index contributed by atoms with van der Waals surface area (Å²) in [5, 5.41) is 9.93. The Morgan fingerprint density at radius 2 is 1.58 bits per heavy atom. The van der Waals surface area contributed by atoms with E-state index in [1.807, 2.05) is 81.4 Å². The number of aliphatic hydroxyl groups is 1. The molecule has 0 saturated heterocycles. The van der Waals surface area contributed by atoms with Crippen LogP contribution >= 0.6 is 0 Å². The third kappa shape index (κ3) is 5.10. The van der Waals surface area contributed by atoms with E-state index in [1.54, 1.807) is 4.90 Å². The molecular formula is C20H25NO3. The predicted molar refractivity (Wildman–Crippen MR) is 94.5 cm³/mol. The first-order chi connectivity index (χ1) is 11.4. The molecular weight excluding hydrogens is 302 g/mol. The largest absolute Gasteiger partial charge is 0.444 e. The van der Waals surface area contributed by atoms with Crippen LogP contribution in [0.4, 0.5) is 4.79 Å². The Labute approximate surface area is 143 Å². The lowest BCUT2D eigenvalue weighted by Gasteiger charge is -2.33. The quantitative estimate of drug-likeness (QED) is 0.897. The Balaban J connectivity index is 2.31. The van der Waals surface area contributed by atoms with Gasteiger partial charge in [-0.25, -0.2) is 4.79 Å². The number of carbonyl (C=O) groups is 1. The van der Waals surface area contributed by atoms with Gasteiger partial charge in [0.1, 0.15) is 5.60 Å². The highest BCUT2D eigenvalue weighted by Crippen LogP contribution is 2.25. The number of hydrogen-bond donors (Lipinski definition) is 1. The van der Waals surface area contributed by atoms with Gasteiger partial charge < -0.3 is 9.84 Å². The van der Waals surface area contributed by atoms with Crippen LogP contribution in [-0.4, -0.2) is 28.3 Å². The van der Waals surface area contributed by atoms with Gasteiger partial charge >= 0.3 is 6.09 Å². The molecule has 1 N–H and O–H groups in total. The fourth-order valence-electron chi connectivity index (χ4n) is 2.46. The molecule has 0 aliphatic rings. The lowest BCUT2D eigenvalue weighted by molar-refractivity contribution is 0.00647.